The zero-order valence-electron chi connectivity index (χ0n) is 46.9. The second-order valence-electron chi connectivity index (χ2n) is 21.5. The van der Waals surface area contributed by atoms with Crippen molar-refractivity contribution >= 4 is 67.0 Å². The van der Waals surface area contributed by atoms with E-state index in [9.17, 15) is 0 Å². The van der Waals surface area contributed by atoms with Gasteiger partial charge < -0.3 is 9.31 Å². The molecular weight excluding hydrogens is 1270 g/mol. The Labute approximate surface area is 525 Å². The number of hydrogen-bond acceptors (Lipinski definition) is 6. The standard InChI is InChI=1S/C34H31BN2O2.C34H23BrN2.C6H4BrI.H2/c1-33(2)34(3,4)39-35(38-33)32-20-30(26-11-5-9-24(17-26)28-13-7-15-36-22-28)19-31(21-32)27-12-6-10-25(18-27)29-14-8-16-37-23-29;35-34-13-3-10-28(21-34)33-19-31(26-8-1-6-24(16-26)29-11-4-14-36-22-29)18-32(20-33)27-9-2-7-25(17-27)30-12-5-15-37-23-30;7-5-2-1-3-6(8)4-5;/h5-23H,1-4H3;1-23H;1-4H;1H. The van der Waals surface area contributed by atoms with Crippen LogP contribution in [0.15, 0.2) is 289 Å². The van der Waals surface area contributed by atoms with Gasteiger partial charge >= 0.3 is 7.12 Å². The lowest BCUT2D eigenvalue weighted by atomic mass is 9.76. The first-order valence-electron chi connectivity index (χ1n) is 27.7. The highest BCUT2D eigenvalue weighted by Crippen LogP contribution is 2.40. The van der Waals surface area contributed by atoms with Gasteiger partial charge in [-0.05, 0) is 237 Å². The molecule has 1 fully saturated rings. The summed E-state index contributed by atoms with van der Waals surface area (Å²) in [6.45, 7) is 8.36. The van der Waals surface area contributed by atoms with E-state index >= 15 is 0 Å². The number of nitrogens with zero attached hydrogens (tertiary/aromatic N) is 4. The van der Waals surface area contributed by atoms with Gasteiger partial charge in [-0.15, -0.1) is 0 Å². The Kier molecular flexibility index (Phi) is 18.1. The van der Waals surface area contributed by atoms with Gasteiger partial charge in [0.1, 0.15) is 0 Å². The first kappa shape index (κ1) is 57.8. The van der Waals surface area contributed by atoms with Crippen LogP contribution in [-0.2, 0) is 9.31 Å². The minimum Gasteiger partial charge on any atom is -0.399 e. The summed E-state index contributed by atoms with van der Waals surface area (Å²) in [5.41, 5.74) is 20.6. The third kappa shape index (κ3) is 14.2. The van der Waals surface area contributed by atoms with E-state index in [1.807, 2.05) is 61.2 Å². The van der Waals surface area contributed by atoms with Crippen LogP contribution >= 0.6 is 54.5 Å². The van der Waals surface area contributed by atoms with E-state index in [4.69, 9.17) is 9.31 Å². The van der Waals surface area contributed by atoms with E-state index in [1.165, 1.54) is 37.0 Å². The van der Waals surface area contributed by atoms with Crippen LogP contribution in [-0.4, -0.2) is 38.3 Å². The molecule has 0 unspecified atom stereocenters. The first-order valence-corrected chi connectivity index (χ1v) is 30.3. The zero-order chi connectivity index (χ0) is 58.0. The second kappa shape index (κ2) is 26.3. The summed E-state index contributed by atoms with van der Waals surface area (Å²) in [5, 5.41) is 0. The summed E-state index contributed by atoms with van der Waals surface area (Å²) in [7, 11) is -0.461. The second-order valence-corrected chi connectivity index (χ2v) is 24.5. The third-order valence-electron chi connectivity index (χ3n) is 15.1. The number of pyridine rings is 4. The Hall–Kier alpha value is -7.97. The lowest BCUT2D eigenvalue weighted by Gasteiger charge is -2.32. The molecule has 0 atom stereocenters. The fraction of sp³-hybridized carbons (Fsp3) is 0.0811. The topological polar surface area (TPSA) is 70.0 Å². The van der Waals surface area contributed by atoms with Crippen LogP contribution in [0.2, 0.25) is 0 Å². The molecule has 8 aromatic carbocycles. The fourth-order valence-electron chi connectivity index (χ4n) is 10.0. The van der Waals surface area contributed by atoms with Gasteiger partial charge in [-0.1, -0.05) is 159 Å². The van der Waals surface area contributed by atoms with Gasteiger partial charge in [0.15, 0.2) is 0 Å². The Bertz CT molecular complexity index is 3980. The summed E-state index contributed by atoms with van der Waals surface area (Å²) in [4.78, 5) is 17.2. The van der Waals surface area contributed by atoms with Gasteiger partial charge in [-0.2, -0.15) is 0 Å². The SMILES string of the molecule is Brc1cccc(-c2cc(-c3cccc(-c4cccnc4)c3)cc(-c3cccc(-c4cccnc4)c3)c2)c1.Brc1cccc(I)c1.CC1(C)OB(c2cc(-c3cccc(-c4cccnc4)c3)cc(-c3cccc(-c4cccnc4)c3)c2)OC1(C)C.[HH]. The average Bonchev–Trinajstić information content (AvgIpc) is 2.09. The molecule has 0 aliphatic carbocycles. The Morgan fingerprint density at radius 2 is 0.560 bits per heavy atom. The monoisotopic (exact) mass is 1330 g/mol. The molecule has 84 heavy (non-hydrogen) atoms. The summed E-state index contributed by atoms with van der Waals surface area (Å²) in [6, 6.07) is 80.9. The van der Waals surface area contributed by atoms with E-state index in [-0.39, 0.29) is 1.43 Å². The molecule has 0 bridgehead atoms. The van der Waals surface area contributed by atoms with E-state index < -0.39 is 18.3 Å². The lowest BCUT2D eigenvalue weighted by molar-refractivity contribution is 0.00578. The minimum atomic E-state index is -0.461. The number of rotatable bonds is 10. The largest absolute Gasteiger partial charge is 0.494 e. The number of benzene rings is 8. The maximum absolute atomic E-state index is 6.48. The van der Waals surface area contributed by atoms with Crippen molar-refractivity contribution in [2.75, 3.05) is 0 Å². The van der Waals surface area contributed by atoms with Gasteiger partial charge in [-0.25, -0.2) is 0 Å². The van der Waals surface area contributed by atoms with Crippen LogP contribution in [0.3, 0.4) is 0 Å². The van der Waals surface area contributed by atoms with E-state index in [1.54, 1.807) is 24.8 Å². The zero-order valence-corrected chi connectivity index (χ0v) is 52.2. The Morgan fingerprint density at radius 3 is 0.833 bits per heavy atom. The molecule has 10 heteroatoms. The van der Waals surface area contributed by atoms with Crippen LogP contribution in [0.5, 0.6) is 0 Å². The molecular formula is C74H60BBr2IN4O2. The highest BCUT2D eigenvalue weighted by Gasteiger charge is 2.51. The molecule has 12 aromatic rings. The van der Waals surface area contributed by atoms with Crippen molar-refractivity contribution in [3.63, 3.8) is 0 Å². The summed E-state index contributed by atoms with van der Waals surface area (Å²) >= 11 is 9.28. The molecule has 6 nitrogen and oxygen atoms in total. The predicted molar refractivity (Wildman–Crippen MR) is 365 cm³/mol. The molecule has 5 heterocycles. The molecule has 0 amide bonds. The molecule has 1 aliphatic rings. The summed E-state index contributed by atoms with van der Waals surface area (Å²) in [5.74, 6) is 0. The van der Waals surface area contributed by atoms with Crippen molar-refractivity contribution in [2.45, 2.75) is 38.9 Å². The molecule has 0 radical (unpaired) electrons. The maximum Gasteiger partial charge on any atom is 0.494 e. The maximum atomic E-state index is 6.48. The molecule has 0 spiro atoms. The Balaban J connectivity index is 0.000000165. The minimum absolute atomic E-state index is 0. The highest BCUT2D eigenvalue weighted by molar-refractivity contribution is 14.1. The smallest absolute Gasteiger partial charge is 0.399 e. The van der Waals surface area contributed by atoms with Crippen molar-refractivity contribution in [3.05, 3.63) is 293 Å². The molecule has 0 N–H and O–H groups in total. The van der Waals surface area contributed by atoms with Gasteiger partial charge in [0, 0.05) is 85.8 Å². The normalized spacial score (nSPS) is 13.0. The van der Waals surface area contributed by atoms with Gasteiger partial charge in [0.25, 0.3) is 0 Å². The number of halogens is 3. The van der Waals surface area contributed by atoms with Crippen molar-refractivity contribution in [1.29, 1.82) is 0 Å². The summed E-state index contributed by atoms with van der Waals surface area (Å²) < 4.78 is 16.4. The highest BCUT2D eigenvalue weighted by atomic mass is 127. The molecule has 4 aromatic heterocycles. The van der Waals surface area contributed by atoms with Crippen LogP contribution in [0.1, 0.15) is 29.1 Å². The Morgan fingerprint density at radius 1 is 0.310 bits per heavy atom. The molecule has 412 valence electrons. The molecule has 13 rings (SSSR count). The average molecular weight is 1330 g/mol. The van der Waals surface area contributed by atoms with Crippen LogP contribution < -0.4 is 5.46 Å². The van der Waals surface area contributed by atoms with Crippen molar-refractivity contribution in [2.24, 2.45) is 0 Å². The van der Waals surface area contributed by atoms with Crippen molar-refractivity contribution < 1.29 is 10.7 Å². The van der Waals surface area contributed by atoms with Crippen LogP contribution in [0.4, 0.5) is 0 Å². The van der Waals surface area contributed by atoms with Crippen LogP contribution in [0, 0.1) is 3.57 Å². The van der Waals surface area contributed by atoms with Gasteiger partial charge in [-0.3, -0.25) is 19.9 Å². The molecule has 1 aliphatic heterocycles. The van der Waals surface area contributed by atoms with Gasteiger partial charge in [0.05, 0.1) is 11.2 Å². The number of aromatic nitrogens is 4. The van der Waals surface area contributed by atoms with Crippen LogP contribution in [0.25, 0.3) is 100 Å². The van der Waals surface area contributed by atoms with E-state index in [0.717, 1.165) is 81.2 Å². The molecule has 0 saturated carbocycles. The lowest BCUT2D eigenvalue weighted by Crippen LogP contribution is -2.41. The predicted octanol–water partition coefficient (Wildman–Crippen LogP) is 20.3. The van der Waals surface area contributed by atoms with Crippen molar-refractivity contribution in [1.82, 2.24) is 19.9 Å². The summed E-state index contributed by atoms with van der Waals surface area (Å²) in [6.07, 6.45) is 14.8. The molecule has 1 saturated heterocycles. The van der Waals surface area contributed by atoms with Gasteiger partial charge in [0.2, 0.25) is 0 Å². The fourth-order valence-corrected chi connectivity index (χ4v) is 11.8. The van der Waals surface area contributed by atoms with E-state index in [2.05, 4.69) is 296 Å². The third-order valence-corrected chi connectivity index (χ3v) is 16.8. The quantitative estimate of drug-likeness (QED) is 0.100. The van der Waals surface area contributed by atoms with Crippen molar-refractivity contribution in [3.8, 4) is 100 Å². The first-order chi connectivity index (χ1) is 40.8. The van der Waals surface area contributed by atoms with E-state index in [0.29, 0.717) is 0 Å². The number of hydrogen-bond donors (Lipinski definition) is 0.